The molecule has 0 saturated carbocycles. The maximum absolute atomic E-state index is 11.6. The number of carbonyl (C=O) groups excluding carboxylic acids is 1. The quantitative estimate of drug-likeness (QED) is 0.387. The van der Waals surface area contributed by atoms with E-state index in [1.807, 2.05) is 0 Å². The van der Waals surface area contributed by atoms with Gasteiger partial charge in [0.2, 0.25) is 0 Å². The van der Waals surface area contributed by atoms with Crippen molar-refractivity contribution in [2.24, 2.45) is 0 Å². The van der Waals surface area contributed by atoms with E-state index in [0.717, 1.165) is 19.3 Å². The molecule has 0 aliphatic carbocycles. The molecule has 0 aliphatic heterocycles. The third-order valence-corrected chi connectivity index (χ3v) is 3.53. The summed E-state index contributed by atoms with van der Waals surface area (Å²) in [5, 5.41) is 16.6. The summed E-state index contributed by atoms with van der Waals surface area (Å²) in [6.45, 7) is 3.00. The predicted octanol–water partition coefficient (Wildman–Crippen LogP) is 2.64. The number of hydrogen-bond acceptors (Lipinski definition) is 5. The molecule has 1 rings (SSSR count). The number of nitro benzene ring substituents is 1. The molecule has 0 unspecified atom stereocenters. The van der Waals surface area contributed by atoms with Crippen LogP contribution in [0.5, 0.6) is 11.5 Å². The van der Waals surface area contributed by atoms with E-state index in [0.29, 0.717) is 30.0 Å². The number of amides is 2. The van der Waals surface area contributed by atoms with Crippen LogP contribution in [0.15, 0.2) is 12.1 Å². The Morgan fingerprint density at radius 2 is 1.75 bits per heavy atom. The molecule has 0 bridgehead atoms. The lowest BCUT2D eigenvalue weighted by atomic mass is 10.1. The number of nitro groups is 1. The number of urea groups is 1. The summed E-state index contributed by atoms with van der Waals surface area (Å²) in [5.74, 6) is 0.719. The number of carbonyl (C=O) groups is 1. The van der Waals surface area contributed by atoms with Crippen molar-refractivity contribution in [3.05, 3.63) is 27.8 Å². The zero-order valence-corrected chi connectivity index (χ0v) is 14.4. The molecule has 134 valence electrons. The average molecular weight is 339 g/mol. The zero-order chi connectivity index (χ0) is 17.9. The van der Waals surface area contributed by atoms with Gasteiger partial charge in [-0.25, -0.2) is 4.79 Å². The molecular weight excluding hydrogens is 314 g/mol. The van der Waals surface area contributed by atoms with E-state index in [9.17, 15) is 14.9 Å². The van der Waals surface area contributed by atoms with Gasteiger partial charge in [-0.15, -0.1) is 0 Å². The Labute approximate surface area is 141 Å². The first-order chi connectivity index (χ1) is 11.5. The molecule has 1 aromatic rings. The molecule has 1 aromatic carbocycles. The fourth-order valence-corrected chi connectivity index (χ4v) is 2.23. The smallest absolute Gasteiger partial charge is 0.314 e. The van der Waals surface area contributed by atoms with Crippen LogP contribution in [0.25, 0.3) is 0 Å². The van der Waals surface area contributed by atoms with Gasteiger partial charge in [0.1, 0.15) is 0 Å². The minimum absolute atomic E-state index is 0.0576. The van der Waals surface area contributed by atoms with E-state index in [1.54, 1.807) is 6.07 Å². The second-order valence-electron chi connectivity index (χ2n) is 5.23. The summed E-state index contributed by atoms with van der Waals surface area (Å²) in [4.78, 5) is 22.4. The Kier molecular flexibility index (Phi) is 8.38. The van der Waals surface area contributed by atoms with Crippen LogP contribution in [-0.4, -0.2) is 38.3 Å². The summed E-state index contributed by atoms with van der Waals surface area (Å²) < 4.78 is 10.2. The van der Waals surface area contributed by atoms with Crippen molar-refractivity contribution in [1.82, 2.24) is 10.6 Å². The third kappa shape index (κ3) is 5.94. The molecule has 0 fully saturated rings. The van der Waals surface area contributed by atoms with Crippen molar-refractivity contribution < 1.29 is 19.2 Å². The highest BCUT2D eigenvalue weighted by molar-refractivity contribution is 5.73. The highest BCUT2D eigenvalue weighted by Gasteiger charge is 2.19. The van der Waals surface area contributed by atoms with Gasteiger partial charge < -0.3 is 20.1 Å². The van der Waals surface area contributed by atoms with E-state index in [1.165, 1.54) is 20.3 Å². The largest absolute Gasteiger partial charge is 0.493 e. The van der Waals surface area contributed by atoms with Crippen LogP contribution in [0.1, 0.15) is 31.7 Å². The van der Waals surface area contributed by atoms with Crippen LogP contribution in [0, 0.1) is 10.1 Å². The van der Waals surface area contributed by atoms with Gasteiger partial charge in [-0.3, -0.25) is 10.1 Å². The van der Waals surface area contributed by atoms with Crippen LogP contribution in [0.3, 0.4) is 0 Å². The maximum atomic E-state index is 11.6. The third-order valence-electron chi connectivity index (χ3n) is 3.53. The van der Waals surface area contributed by atoms with Crippen molar-refractivity contribution in [3.8, 4) is 11.5 Å². The van der Waals surface area contributed by atoms with E-state index < -0.39 is 4.92 Å². The molecule has 0 heterocycles. The highest BCUT2D eigenvalue weighted by Crippen LogP contribution is 2.34. The zero-order valence-electron chi connectivity index (χ0n) is 14.4. The topological polar surface area (TPSA) is 103 Å². The maximum Gasteiger partial charge on any atom is 0.314 e. The standard InChI is InChI=1S/C16H25N3O5/c1-4-5-6-8-17-16(20)18-9-7-12-10-14(23-2)15(24-3)11-13(12)19(21)22/h10-11H,4-9H2,1-3H3,(H2,17,18,20). The molecule has 0 spiro atoms. The van der Waals surface area contributed by atoms with Crippen LogP contribution in [0.2, 0.25) is 0 Å². The molecule has 2 amide bonds. The summed E-state index contributed by atoms with van der Waals surface area (Å²) in [6, 6.07) is 2.63. The first-order valence-corrected chi connectivity index (χ1v) is 7.94. The molecule has 0 aliphatic rings. The molecule has 8 heteroatoms. The Morgan fingerprint density at radius 1 is 1.12 bits per heavy atom. The highest BCUT2D eigenvalue weighted by atomic mass is 16.6. The number of benzene rings is 1. The van der Waals surface area contributed by atoms with Crippen LogP contribution < -0.4 is 20.1 Å². The Morgan fingerprint density at radius 3 is 2.33 bits per heavy atom. The molecule has 0 radical (unpaired) electrons. The van der Waals surface area contributed by atoms with Gasteiger partial charge in [-0.05, 0) is 18.9 Å². The van der Waals surface area contributed by atoms with Gasteiger partial charge in [-0.1, -0.05) is 19.8 Å². The fraction of sp³-hybridized carbons (Fsp3) is 0.562. The lowest BCUT2D eigenvalue weighted by Crippen LogP contribution is -2.37. The number of nitrogens with one attached hydrogen (secondary N) is 2. The van der Waals surface area contributed by atoms with Crippen molar-refractivity contribution in [3.63, 3.8) is 0 Å². The SMILES string of the molecule is CCCCCNC(=O)NCCc1cc(OC)c(OC)cc1[N+](=O)[O-]. The van der Waals surface area contributed by atoms with E-state index in [2.05, 4.69) is 17.6 Å². The van der Waals surface area contributed by atoms with Gasteiger partial charge in [0.05, 0.1) is 25.2 Å². The second kappa shape index (κ2) is 10.3. The van der Waals surface area contributed by atoms with E-state index >= 15 is 0 Å². The molecule has 0 aromatic heterocycles. The summed E-state index contributed by atoms with van der Waals surface area (Å²) in [7, 11) is 2.89. The van der Waals surface area contributed by atoms with E-state index in [4.69, 9.17) is 9.47 Å². The van der Waals surface area contributed by atoms with Gasteiger partial charge in [0.15, 0.2) is 11.5 Å². The van der Waals surface area contributed by atoms with Crippen LogP contribution in [-0.2, 0) is 6.42 Å². The number of ether oxygens (including phenoxy) is 2. The first-order valence-electron chi connectivity index (χ1n) is 7.94. The van der Waals surface area contributed by atoms with Crippen molar-refractivity contribution in [1.29, 1.82) is 0 Å². The van der Waals surface area contributed by atoms with Crippen LogP contribution >= 0.6 is 0 Å². The van der Waals surface area contributed by atoms with Gasteiger partial charge in [-0.2, -0.15) is 0 Å². The van der Waals surface area contributed by atoms with Gasteiger partial charge in [0.25, 0.3) is 5.69 Å². The molecule has 2 N–H and O–H groups in total. The van der Waals surface area contributed by atoms with Gasteiger partial charge in [0, 0.05) is 18.7 Å². The monoisotopic (exact) mass is 339 g/mol. The average Bonchev–Trinajstić information content (AvgIpc) is 2.57. The lowest BCUT2D eigenvalue weighted by molar-refractivity contribution is -0.385. The molecular formula is C16H25N3O5. The Balaban J connectivity index is 2.63. The van der Waals surface area contributed by atoms with E-state index in [-0.39, 0.29) is 18.3 Å². The summed E-state index contributed by atoms with van der Waals surface area (Å²) in [5.41, 5.74) is 0.418. The summed E-state index contributed by atoms with van der Waals surface area (Å²) in [6.07, 6.45) is 3.41. The van der Waals surface area contributed by atoms with Crippen molar-refractivity contribution >= 4 is 11.7 Å². The predicted molar refractivity (Wildman–Crippen MR) is 90.8 cm³/mol. The minimum atomic E-state index is -0.470. The lowest BCUT2D eigenvalue weighted by Gasteiger charge is -2.11. The van der Waals surface area contributed by atoms with Crippen LogP contribution in [0.4, 0.5) is 10.5 Å². The summed E-state index contributed by atoms with van der Waals surface area (Å²) >= 11 is 0. The number of nitrogens with zero attached hydrogens (tertiary/aromatic N) is 1. The number of rotatable bonds is 10. The number of unbranched alkanes of at least 4 members (excludes halogenated alkanes) is 2. The number of methoxy groups -OCH3 is 2. The molecule has 0 saturated heterocycles. The number of hydrogen-bond donors (Lipinski definition) is 2. The first kappa shape index (κ1) is 19.5. The Bertz CT molecular complexity index is 563. The fourth-order valence-electron chi connectivity index (χ4n) is 2.23. The minimum Gasteiger partial charge on any atom is -0.493 e. The van der Waals surface area contributed by atoms with Crippen molar-refractivity contribution in [2.45, 2.75) is 32.6 Å². The molecule has 0 atom stereocenters. The van der Waals surface area contributed by atoms with Gasteiger partial charge >= 0.3 is 6.03 Å². The molecule has 24 heavy (non-hydrogen) atoms. The molecule has 8 nitrogen and oxygen atoms in total. The van der Waals surface area contributed by atoms with Crippen molar-refractivity contribution in [2.75, 3.05) is 27.3 Å². The second-order valence-corrected chi connectivity index (χ2v) is 5.23. The Hall–Kier alpha value is -2.51. The normalized spacial score (nSPS) is 10.1.